The van der Waals surface area contributed by atoms with Crippen molar-refractivity contribution in [2.45, 2.75) is 6.92 Å². The van der Waals surface area contributed by atoms with Crippen molar-refractivity contribution in [1.82, 2.24) is 14.8 Å². The van der Waals surface area contributed by atoms with Crippen LogP contribution in [0.5, 0.6) is 0 Å². The van der Waals surface area contributed by atoms with Crippen LogP contribution in [0.25, 0.3) is 11.3 Å². The Morgan fingerprint density at radius 2 is 2.15 bits per heavy atom. The summed E-state index contributed by atoms with van der Waals surface area (Å²) in [4.78, 5) is 26.1. The van der Waals surface area contributed by atoms with Crippen LogP contribution in [0.1, 0.15) is 16.2 Å². The van der Waals surface area contributed by atoms with Crippen LogP contribution in [0.15, 0.2) is 18.3 Å². The molecule has 0 spiro atoms. The van der Waals surface area contributed by atoms with Crippen LogP contribution in [0, 0.1) is 17.0 Å². The molecular formula is C12H12N4O4. The lowest BCUT2D eigenvalue weighted by molar-refractivity contribution is -0.385. The van der Waals surface area contributed by atoms with Crippen molar-refractivity contribution in [1.29, 1.82) is 0 Å². The van der Waals surface area contributed by atoms with Gasteiger partial charge >= 0.3 is 5.97 Å². The highest BCUT2D eigenvalue weighted by molar-refractivity contribution is 5.94. The zero-order valence-corrected chi connectivity index (χ0v) is 11.2. The van der Waals surface area contributed by atoms with E-state index in [4.69, 9.17) is 4.74 Å². The van der Waals surface area contributed by atoms with Crippen LogP contribution in [-0.4, -0.2) is 32.8 Å². The molecule has 0 unspecified atom stereocenters. The number of aromatic nitrogens is 3. The van der Waals surface area contributed by atoms with Gasteiger partial charge in [0.05, 0.1) is 29.5 Å². The lowest BCUT2D eigenvalue weighted by Gasteiger charge is -2.04. The average Bonchev–Trinajstić information content (AvgIpc) is 2.79. The predicted octanol–water partition coefficient (Wildman–Crippen LogP) is 1.49. The Morgan fingerprint density at radius 1 is 1.45 bits per heavy atom. The van der Waals surface area contributed by atoms with E-state index in [2.05, 4.69) is 10.1 Å². The van der Waals surface area contributed by atoms with Crippen molar-refractivity contribution in [2.24, 2.45) is 7.05 Å². The summed E-state index contributed by atoms with van der Waals surface area (Å²) in [6.07, 6.45) is 1.47. The summed E-state index contributed by atoms with van der Waals surface area (Å²) in [7, 11) is 2.88. The molecule has 0 N–H and O–H groups in total. The molecule has 2 aromatic heterocycles. The summed E-state index contributed by atoms with van der Waals surface area (Å²) in [5, 5.41) is 14.8. The van der Waals surface area contributed by atoms with Crippen molar-refractivity contribution in [3.8, 4) is 11.3 Å². The Morgan fingerprint density at radius 3 is 2.70 bits per heavy atom. The van der Waals surface area contributed by atoms with Gasteiger partial charge in [0, 0.05) is 13.1 Å². The Labute approximate surface area is 114 Å². The molecule has 2 aromatic rings. The van der Waals surface area contributed by atoms with Gasteiger partial charge in [-0.05, 0) is 13.0 Å². The summed E-state index contributed by atoms with van der Waals surface area (Å²) in [6.45, 7) is 1.54. The van der Waals surface area contributed by atoms with Crippen molar-refractivity contribution in [3.05, 3.63) is 39.8 Å². The van der Waals surface area contributed by atoms with Gasteiger partial charge in [0.15, 0.2) is 5.69 Å². The smallest absolute Gasteiger partial charge is 0.357 e. The number of pyridine rings is 1. The molecule has 0 aliphatic heterocycles. The molecule has 0 saturated heterocycles. The standard InChI is InChI=1S/C12H12N4O4/c1-7-10(16(18)19)5-4-9(14-7)8-6-13-15(2)11(8)12(17)20-3/h4-6H,1-3H3. The second kappa shape index (κ2) is 5.08. The third-order valence-electron chi connectivity index (χ3n) is 2.85. The van der Waals surface area contributed by atoms with Crippen LogP contribution in [0.2, 0.25) is 0 Å². The molecule has 0 atom stereocenters. The van der Waals surface area contributed by atoms with E-state index in [1.807, 2.05) is 0 Å². The first kappa shape index (κ1) is 13.7. The summed E-state index contributed by atoms with van der Waals surface area (Å²) in [5.74, 6) is -0.544. The zero-order valence-electron chi connectivity index (χ0n) is 11.2. The van der Waals surface area contributed by atoms with Gasteiger partial charge in [-0.15, -0.1) is 0 Å². The molecule has 0 fully saturated rings. The summed E-state index contributed by atoms with van der Waals surface area (Å²) < 4.78 is 6.07. The number of methoxy groups -OCH3 is 1. The molecule has 0 aliphatic rings. The van der Waals surface area contributed by atoms with Gasteiger partial charge in [-0.25, -0.2) is 9.78 Å². The molecule has 20 heavy (non-hydrogen) atoms. The van der Waals surface area contributed by atoms with Crippen LogP contribution in [-0.2, 0) is 11.8 Å². The summed E-state index contributed by atoms with van der Waals surface area (Å²) >= 11 is 0. The minimum absolute atomic E-state index is 0.0720. The van der Waals surface area contributed by atoms with Crippen LogP contribution in [0.4, 0.5) is 5.69 Å². The van der Waals surface area contributed by atoms with E-state index in [9.17, 15) is 14.9 Å². The second-order valence-corrected chi connectivity index (χ2v) is 4.08. The highest BCUT2D eigenvalue weighted by Gasteiger charge is 2.21. The number of nitrogens with zero attached hydrogens (tertiary/aromatic N) is 4. The Kier molecular flexibility index (Phi) is 3.47. The lowest BCUT2D eigenvalue weighted by atomic mass is 10.1. The quantitative estimate of drug-likeness (QED) is 0.478. The molecule has 0 saturated carbocycles. The van der Waals surface area contributed by atoms with Gasteiger partial charge < -0.3 is 4.74 Å². The largest absolute Gasteiger partial charge is 0.464 e. The first-order chi connectivity index (χ1) is 9.45. The number of hydrogen-bond acceptors (Lipinski definition) is 6. The highest BCUT2D eigenvalue weighted by Crippen LogP contribution is 2.25. The van der Waals surface area contributed by atoms with Gasteiger partial charge in [-0.1, -0.05) is 0 Å². The maximum Gasteiger partial charge on any atom is 0.357 e. The third kappa shape index (κ3) is 2.22. The predicted molar refractivity (Wildman–Crippen MR) is 69.2 cm³/mol. The molecule has 8 nitrogen and oxygen atoms in total. The number of aryl methyl sites for hydroxylation is 2. The number of hydrogen-bond donors (Lipinski definition) is 0. The van der Waals surface area contributed by atoms with E-state index in [1.54, 1.807) is 7.05 Å². The Balaban J connectivity index is 2.55. The van der Waals surface area contributed by atoms with Crippen LogP contribution < -0.4 is 0 Å². The fourth-order valence-corrected chi connectivity index (χ4v) is 1.86. The van der Waals surface area contributed by atoms with Crippen LogP contribution >= 0.6 is 0 Å². The average molecular weight is 276 g/mol. The maximum absolute atomic E-state index is 11.7. The molecule has 0 aliphatic carbocycles. The molecule has 104 valence electrons. The first-order valence-electron chi connectivity index (χ1n) is 5.68. The minimum Gasteiger partial charge on any atom is -0.464 e. The minimum atomic E-state index is -0.544. The van der Waals surface area contributed by atoms with Crippen molar-refractivity contribution in [3.63, 3.8) is 0 Å². The van der Waals surface area contributed by atoms with Gasteiger partial charge in [0.25, 0.3) is 5.69 Å². The SMILES string of the molecule is COC(=O)c1c(-c2ccc([N+](=O)[O-])c(C)n2)cnn1C. The van der Waals surface area contributed by atoms with Crippen molar-refractivity contribution >= 4 is 11.7 Å². The molecule has 0 radical (unpaired) electrons. The van der Waals surface area contributed by atoms with Gasteiger partial charge in [0.2, 0.25) is 0 Å². The van der Waals surface area contributed by atoms with E-state index in [0.29, 0.717) is 11.3 Å². The van der Waals surface area contributed by atoms with Crippen molar-refractivity contribution in [2.75, 3.05) is 7.11 Å². The van der Waals surface area contributed by atoms with Gasteiger partial charge in [-0.2, -0.15) is 5.10 Å². The molecule has 0 amide bonds. The van der Waals surface area contributed by atoms with Gasteiger partial charge in [0.1, 0.15) is 5.69 Å². The Bertz CT molecular complexity index is 693. The third-order valence-corrected chi connectivity index (χ3v) is 2.85. The zero-order chi connectivity index (χ0) is 14.9. The molecular weight excluding hydrogens is 264 g/mol. The highest BCUT2D eigenvalue weighted by atomic mass is 16.6. The molecule has 0 aromatic carbocycles. The van der Waals surface area contributed by atoms with E-state index in [-0.39, 0.29) is 17.1 Å². The normalized spacial score (nSPS) is 10.3. The number of ether oxygens (including phenoxy) is 1. The number of carbonyl (C=O) groups is 1. The molecule has 2 rings (SSSR count). The number of carbonyl (C=O) groups excluding carboxylic acids is 1. The monoisotopic (exact) mass is 276 g/mol. The fourth-order valence-electron chi connectivity index (χ4n) is 1.86. The lowest BCUT2D eigenvalue weighted by Crippen LogP contribution is -2.10. The van der Waals surface area contributed by atoms with Crippen molar-refractivity contribution < 1.29 is 14.5 Å². The van der Waals surface area contributed by atoms with E-state index in [1.165, 1.54) is 37.0 Å². The molecule has 2 heterocycles. The van der Waals surface area contributed by atoms with E-state index in [0.717, 1.165) is 0 Å². The maximum atomic E-state index is 11.7. The molecule has 0 bridgehead atoms. The Hall–Kier alpha value is -2.77. The van der Waals surface area contributed by atoms with E-state index >= 15 is 0 Å². The summed E-state index contributed by atoms with van der Waals surface area (Å²) in [6, 6.07) is 2.83. The van der Waals surface area contributed by atoms with E-state index < -0.39 is 10.9 Å². The number of nitro groups is 1. The summed E-state index contributed by atoms with van der Waals surface area (Å²) in [5.41, 5.74) is 1.34. The first-order valence-corrected chi connectivity index (χ1v) is 5.68. The number of rotatable bonds is 3. The second-order valence-electron chi connectivity index (χ2n) is 4.08. The fraction of sp³-hybridized carbons (Fsp3) is 0.250. The topological polar surface area (TPSA) is 100 Å². The van der Waals surface area contributed by atoms with Gasteiger partial charge in [-0.3, -0.25) is 14.8 Å². The molecule has 8 heteroatoms. The number of esters is 1. The van der Waals surface area contributed by atoms with Crippen LogP contribution in [0.3, 0.4) is 0 Å².